The Hall–Kier alpha value is -1.55. The minimum absolute atomic E-state index is 0.0864. The second-order valence-electron chi connectivity index (χ2n) is 4.00. The zero-order valence-electron chi connectivity index (χ0n) is 9.24. The summed E-state index contributed by atoms with van der Waals surface area (Å²) in [6.45, 7) is 0. The summed E-state index contributed by atoms with van der Waals surface area (Å²) in [5.74, 6) is -1.04. The molecule has 4 nitrogen and oxygen atoms in total. The molecule has 0 amide bonds. The number of nitrogens with zero attached hydrogens (tertiary/aromatic N) is 1. The predicted octanol–water partition coefficient (Wildman–Crippen LogP) is 3.38. The molecule has 2 N–H and O–H groups in total. The normalized spacial score (nSPS) is 14.8. The van der Waals surface area contributed by atoms with Gasteiger partial charge in [0.05, 0.1) is 16.3 Å². The maximum absolute atomic E-state index is 10.9. The number of rotatable bonds is 3. The van der Waals surface area contributed by atoms with E-state index in [0.29, 0.717) is 5.69 Å². The highest BCUT2D eigenvalue weighted by atomic mass is 35.5. The van der Waals surface area contributed by atoms with Crippen molar-refractivity contribution in [1.29, 1.82) is 0 Å². The number of halogens is 1. The van der Waals surface area contributed by atoms with Crippen molar-refractivity contribution < 1.29 is 9.90 Å². The lowest BCUT2D eigenvalue weighted by molar-refractivity contribution is 0.0697. The van der Waals surface area contributed by atoms with Crippen LogP contribution in [0, 0.1) is 0 Å². The summed E-state index contributed by atoms with van der Waals surface area (Å²) in [4.78, 5) is 10.9. The summed E-state index contributed by atoms with van der Waals surface area (Å²) in [7, 11) is 0. The maximum Gasteiger partial charge on any atom is 0.337 e. The molecule has 1 aromatic carbocycles. The molecule has 90 valence electrons. The quantitative estimate of drug-likeness (QED) is 0.811. The van der Waals surface area contributed by atoms with Crippen LogP contribution in [0.4, 0.5) is 5.69 Å². The van der Waals surface area contributed by atoms with Crippen LogP contribution in [0.1, 0.15) is 36.0 Å². The topological polar surface area (TPSA) is 61.7 Å². The molecular weight excluding hydrogens is 240 g/mol. The van der Waals surface area contributed by atoms with Gasteiger partial charge in [-0.3, -0.25) is 5.43 Å². The number of hydrogen-bond donors (Lipinski definition) is 2. The van der Waals surface area contributed by atoms with Crippen molar-refractivity contribution in [2.24, 2.45) is 5.10 Å². The molecule has 1 aromatic rings. The average molecular weight is 253 g/mol. The molecule has 0 heterocycles. The number of aromatic carboxylic acids is 1. The molecule has 1 aliphatic carbocycles. The molecule has 0 aromatic heterocycles. The Morgan fingerprint density at radius 1 is 1.35 bits per heavy atom. The van der Waals surface area contributed by atoms with Crippen molar-refractivity contribution in [3.63, 3.8) is 0 Å². The maximum atomic E-state index is 10.9. The molecular formula is C12H13ClN2O2. The van der Waals surface area contributed by atoms with Gasteiger partial charge in [0.2, 0.25) is 0 Å². The third-order valence-electron chi connectivity index (χ3n) is 2.72. The summed E-state index contributed by atoms with van der Waals surface area (Å²) in [6, 6.07) is 4.76. The van der Waals surface area contributed by atoms with E-state index >= 15 is 0 Å². The van der Waals surface area contributed by atoms with Crippen molar-refractivity contribution in [2.75, 3.05) is 5.43 Å². The second-order valence-corrected chi connectivity index (χ2v) is 4.40. The van der Waals surface area contributed by atoms with Crippen LogP contribution in [-0.2, 0) is 0 Å². The number of anilines is 1. The Kier molecular flexibility index (Phi) is 3.64. The average Bonchev–Trinajstić information content (AvgIpc) is 2.80. The summed E-state index contributed by atoms with van der Waals surface area (Å²) < 4.78 is 0. The molecule has 0 radical (unpaired) electrons. The SMILES string of the molecule is O=C(O)c1cc(NN=C2CCCC2)ccc1Cl. The van der Waals surface area contributed by atoms with Crippen molar-refractivity contribution in [1.82, 2.24) is 0 Å². The highest BCUT2D eigenvalue weighted by molar-refractivity contribution is 6.33. The summed E-state index contributed by atoms with van der Waals surface area (Å²) >= 11 is 5.77. The Morgan fingerprint density at radius 2 is 2.06 bits per heavy atom. The minimum Gasteiger partial charge on any atom is -0.478 e. The zero-order valence-corrected chi connectivity index (χ0v) is 10.00. The molecule has 5 heteroatoms. The van der Waals surface area contributed by atoms with E-state index in [4.69, 9.17) is 16.7 Å². The monoisotopic (exact) mass is 252 g/mol. The van der Waals surface area contributed by atoms with Crippen LogP contribution in [0.5, 0.6) is 0 Å². The lowest BCUT2D eigenvalue weighted by Crippen LogP contribution is -2.00. The molecule has 0 aliphatic heterocycles. The number of carbonyl (C=O) groups is 1. The fraction of sp³-hybridized carbons (Fsp3) is 0.333. The van der Waals surface area contributed by atoms with E-state index in [0.717, 1.165) is 18.6 Å². The molecule has 0 unspecified atom stereocenters. The number of nitrogens with one attached hydrogen (secondary N) is 1. The predicted molar refractivity (Wildman–Crippen MR) is 67.9 cm³/mol. The Bertz CT molecular complexity index is 464. The summed E-state index contributed by atoms with van der Waals surface area (Å²) in [5, 5.41) is 13.4. The summed E-state index contributed by atoms with van der Waals surface area (Å²) in [6.07, 6.45) is 4.40. The highest BCUT2D eigenvalue weighted by Crippen LogP contribution is 2.21. The minimum atomic E-state index is -1.04. The Balaban J connectivity index is 2.13. The molecule has 0 spiro atoms. The first-order chi connectivity index (χ1) is 8.16. The number of hydrogen-bond acceptors (Lipinski definition) is 3. The van der Waals surface area contributed by atoms with Gasteiger partial charge in [-0.15, -0.1) is 0 Å². The van der Waals surface area contributed by atoms with E-state index in [-0.39, 0.29) is 10.6 Å². The van der Waals surface area contributed by atoms with Gasteiger partial charge < -0.3 is 5.11 Å². The number of benzene rings is 1. The first-order valence-electron chi connectivity index (χ1n) is 5.51. The number of carboxylic acid groups (broad SMARTS) is 1. The summed E-state index contributed by atoms with van der Waals surface area (Å²) in [5.41, 5.74) is 4.74. The van der Waals surface area contributed by atoms with E-state index in [2.05, 4.69) is 10.5 Å². The largest absolute Gasteiger partial charge is 0.478 e. The van der Waals surface area contributed by atoms with Gasteiger partial charge in [0, 0.05) is 5.71 Å². The molecule has 1 aliphatic rings. The van der Waals surface area contributed by atoms with Crippen molar-refractivity contribution in [3.05, 3.63) is 28.8 Å². The molecule has 0 saturated heterocycles. The van der Waals surface area contributed by atoms with Gasteiger partial charge in [0.1, 0.15) is 0 Å². The van der Waals surface area contributed by atoms with Gasteiger partial charge in [-0.1, -0.05) is 11.6 Å². The fourth-order valence-corrected chi connectivity index (χ4v) is 2.00. The van der Waals surface area contributed by atoms with E-state index < -0.39 is 5.97 Å². The standard InChI is InChI=1S/C12H13ClN2O2/c13-11-6-5-9(7-10(11)12(16)17)15-14-8-3-1-2-4-8/h5-7,15H,1-4H2,(H,16,17). The van der Waals surface area contributed by atoms with Crippen LogP contribution >= 0.6 is 11.6 Å². The van der Waals surface area contributed by atoms with Gasteiger partial charge >= 0.3 is 5.97 Å². The number of carboxylic acids is 1. The Labute approximate surface area is 104 Å². The number of hydrazone groups is 1. The lowest BCUT2D eigenvalue weighted by Gasteiger charge is -2.04. The van der Waals surface area contributed by atoms with Gasteiger partial charge in [-0.05, 0) is 43.9 Å². The zero-order chi connectivity index (χ0) is 12.3. The first kappa shape index (κ1) is 11.9. The molecule has 1 fully saturated rings. The molecule has 0 atom stereocenters. The third-order valence-corrected chi connectivity index (χ3v) is 3.05. The third kappa shape index (κ3) is 2.97. The van der Waals surface area contributed by atoms with E-state index in [1.54, 1.807) is 12.1 Å². The van der Waals surface area contributed by atoms with Crippen LogP contribution in [-0.4, -0.2) is 16.8 Å². The first-order valence-corrected chi connectivity index (χ1v) is 5.89. The molecule has 2 rings (SSSR count). The van der Waals surface area contributed by atoms with Crippen molar-refractivity contribution in [3.8, 4) is 0 Å². The lowest BCUT2D eigenvalue weighted by atomic mass is 10.2. The van der Waals surface area contributed by atoms with Crippen LogP contribution in [0.2, 0.25) is 5.02 Å². The van der Waals surface area contributed by atoms with Gasteiger partial charge in [0.15, 0.2) is 0 Å². The van der Waals surface area contributed by atoms with E-state index in [9.17, 15) is 4.79 Å². The van der Waals surface area contributed by atoms with Crippen molar-refractivity contribution >= 4 is 29.0 Å². The highest BCUT2D eigenvalue weighted by Gasteiger charge is 2.10. The van der Waals surface area contributed by atoms with Gasteiger partial charge in [0.25, 0.3) is 0 Å². The van der Waals surface area contributed by atoms with Crippen LogP contribution in [0.25, 0.3) is 0 Å². The van der Waals surface area contributed by atoms with Gasteiger partial charge in [-0.25, -0.2) is 4.79 Å². The van der Waals surface area contributed by atoms with Crippen LogP contribution < -0.4 is 5.43 Å². The molecule has 1 saturated carbocycles. The van der Waals surface area contributed by atoms with Gasteiger partial charge in [-0.2, -0.15) is 5.10 Å². The Morgan fingerprint density at radius 3 is 2.71 bits per heavy atom. The molecule has 17 heavy (non-hydrogen) atoms. The van der Waals surface area contributed by atoms with Crippen LogP contribution in [0.3, 0.4) is 0 Å². The molecule has 0 bridgehead atoms. The van der Waals surface area contributed by atoms with Crippen LogP contribution in [0.15, 0.2) is 23.3 Å². The fourth-order valence-electron chi connectivity index (χ4n) is 1.80. The van der Waals surface area contributed by atoms with E-state index in [1.165, 1.54) is 18.9 Å². The van der Waals surface area contributed by atoms with Crippen molar-refractivity contribution in [2.45, 2.75) is 25.7 Å². The smallest absolute Gasteiger partial charge is 0.337 e. The second kappa shape index (κ2) is 5.19. The van der Waals surface area contributed by atoms with E-state index in [1.807, 2.05) is 0 Å².